The number of carbonyl (C=O) groups is 6. The molecule has 0 aromatic heterocycles. The average molecular weight is 689 g/mol. The molecule has 9 atom stereocenters. The first-order valence-corrected chi connectivity index (χ1v) is 16.0. The van der Waals surface area contributed by atoms with Gasteiger partial charge in [-0.3, -0.25) is 24.0 Å². The number of halogens is 1. The minimum Gasteiger partial charge on any atom is -0.461 e. The molecule has 1 saturated heterocycles. The fourth-order valence-electron chi connectivity index (χ4n) is 8.61. The van der Waals surface area contributed by atoms with Crippen molar-refractivity contribution in [2.45, 2.75) is 110 Å². The van der Waals surface area contributed by atoms with Crippen LogP contribution in [0.3, 0.4) is 0 Å². The van der Waals surface area contributed by atoms with Crippen LogP contribution in [0.5, 0.6) is 0 Å². The van der Waals surface area contributed by atoms with Crippen LogP contribution < -0.4 is 0 Å². The van der Waals surface area contributed by atoms with Gasteiger partial charge in [-0.15, -0.1) is 0 Å². The van der Waals surface area contributed by atoms with Crippen molar-refractivity contribution in [3.8, 4) is 0 Å². The summed E-state index contributed by atoms with van der Waals surface area (Å²) in [6.45, 7) is 10.3. The smallest absolute Gasteiger partial charge is 0.338 e. The van der Waals surface area contributed by atoms with E-state index < -0.39 is 106 Å². The Kier molecular flexibility index (Phi) is 9.07. The molecule has 3 fully saturated rings. The first-order chi connectivity index (χ1) is 22.7. The number of benzene rings is 1. The molecule has 14 heteroatoms. The van der Waals surface area contributed by atoms with Crippen LogP contribution in [-0.4, -0.2) is 89.1 Å². The van der Waals surface area contributed by atoms with Crippen molar-refractivity contribution in [1.82, 2.24) is 0 Å². The van der Waals surface area contributed by atoms with Gasteiger partial charge >= 0.3 is 29.8 Å². The number of ketones is 1. The first-order valence-electron chi connectivity index (χ1n) is 16.0. The highest BCUT2D eigenvalue weighted by atomic mass is 19.1. The molecule has 266 valence electrons. The topological polar surface area (TPSA) is 178 Å². The van der Waals surface area contributed by atoms with Gasteiger partial charge in [0, 0.05) is 46.0 Å². The lowest BCUT2D eigenvalue weighted by molar-refractivity contribution is -0.346. The third kappa shape index (κ3) is 5.62. The fraction of sp³-hybridized carbons (Fsp3) is 0.600. The highest BCUT2D eigenvalue weighted by Crippen LogP contribution is 2.65. The second-order valence-corrected chi connectivity index (χ2v) is 14.1. The minimum absolute atomic E-state index is 0.0780. The zero-order valence-electron chi connectivity index (χ0n) is 28.6. The summed E-state index contributed by atoms with van der Waals surface area (Å²) in [6, 6.07) is 4.63. The van der Waals surface area contributed by atoms with Crippen LogP contribution in [0.4, 0.5) is 4.39 Å². The van der Waals surface area contributed by atoms with E-state index in [9.17, 15) is 33.5 Å². The predicted molar refractivity (Wildman–Crippen MR) is 164 cm³/mol. The van der Waals surface area contributed by atoms with Crippen LogP contribution in [0.1, 0.15) is 78.6 Å². The minimum atomic E-state index is -2.29. The molecule has 3 aliphatic carbocycles. The third-order valence-corrected chi connectivity index (χ3v) is 10.8. The van der Waals surface area contributed by atoms with E-state index in [-0.39, 0.29) is 24.2 Å². The van der Waals surface area contributed by atoms with Gasteiger partial charge in [0.25, 0.3) is 0 Å². The highest BCUT2D eigenvalue weighted by Gasteiger charge is 2.79. The molecule has 0 amide bonds. The van der Waals surface area contributed by atoms with Gasteiger partial charge in [0.05, 0.1) is 23.5 Å². The summed E-state index contributed by atoms with van der Waals surface area (Å²) in [6.07, 6.45) is -7.64. The van der Waals surface area contributed by atoms with Gasteiger partial charge in [-0.05, 0) is 43.2 Å². The van der Waals surface area contributed by atoms with Crippen molar-refractivity contribution < 1.29 is 66.7 Å². The van der Waals surface area contributed by atoms with Crippen LogP contribution >= 0.6 is 0 Å². The Balaban J connectivity index is 1.90. The fourth-order valence-corrected chi connectivity index (χ4v) is 8.61. The van der Waals surface area contributed by atoms with Crippen LogP contribution in [0.25, 0.3) is 0 Å². The molecule has 4 aliphatic rings. The van der Waals surface area contributed by atoms with E-state index >= 15 is 4.79 Å². The summed E-state index contributed by atoms with van der Waals surface area (Å²) >= 11 is 0. The van der Waals surface area contributed by atoms with Gasteiger partial charge in [-0.2, -0.15) is 0 Å². The summed E-state index contributed by atoms with van der Waals surface area (Å²) < 4.78 is 49.6. The molecule has 0 radical (unpaired) electrons. The van der Waals surface area contributed by atoms with Crippen molar-refractivity contribution in [2.24, 2.45) is 16.7 Å². The van der Waals surface area contributed by atoms with E-state index in [1.54, 1.807) is 20.8 Å². The van der Waals surface area contributed by atoms with Gasteiger partial charge in [0.1, 0.15) is 35.8 Å². The lowest BCUT2D eigenvalue weighted by Gasteiger charge is -2.67. The van der Waals surface area contributed by atoms with Crippen molar-refractivity contribution in [2.75, 3.05) is 6.61 Å². The Bertz CT molecular complexity index is 1650. The molecular weight excluding hydrogens is 647 g/mol. The summed E-state index contributed by atoms with van der Waals surface area (Å²) in [7, 11) is 0. The van der Waals surface area contributed by atoms with E-state index in [1.807, 2.05) is 0 Å². The molecule has 1 heterocycles. The van der Waals surface area contributed by atoms with Crippen LogP contribution in [0, 0.1) is 22.6 Å². The molecule has 13 nitrogen and oxygen atoms in total. The Labute approximate surface area is 282 Å². The normalized spacial score (nSPS) is 36.0. The number of Topliss-reactive ketones (excluding diaryl/α,β-unsaturated/α-hetero) is 1. The quantitative estimate of drug-likeness (QED) is 0.262. The second kappa shape index (κ2) is 12.3. The summed E-state index contributed by atoms with van der Waals surface area (Å²) in [4.78, 5) is 79.8. The largest absolute Gasteiger partial charge is 0.461 e. The first kappa shape index (κ1) is 36.1. The molecule has 0 spiro atoms. The van der Waals surface area contributed by atoms with Crippen molar-refractivity contribution in [3.05, 3.63) is 46.8 Å². The maximum atomic E-state index is 15.3. The molecule has 2 saturated carbocycles. The highest BCUT2D eigenvalue weighted by molar-refractivity contribution is 5.96. The van der Waals surface area contributed by atoms with Gasteiger partial charge < -0.3 is 33.5 Å². The number of aliphatic hydroxyl groups is 1. The molecule has 5 rings (SSSR count). The van der Waals surface area contributed by atoms with Gasteiger partial charge in [0.15, 0.2) is 17.5 Å². The Hall–Kier alpha value is -4.17. The number of esters is 5. The molecule has 49 heavy (non-hydrogen) atoms. The molecule has 1 aliphatic heterocycles. The van der Waals surface area contributed by atoms with E-state index in [2.05, 4.69) is 0 Å². The summed E-state index contributed by atoms with van der Waals surface area (Å²) in [5, 5.41) is 13.3. The van der Waals surface area contributed by atoms with Crippen LogP contribution in [0.15, 0.2) is 35.4 Å². The van der Waals surface area contributed by atoms with Crippen LogP contribution in [-0.2, 0) is 52.4 Å². The van der Waals surface area contributed by atoms with Gasteiger partial charge in [0.2, 0.25) is 0 Å². The molecule has 2 bridgehead atoms. The molecular formula is C35H41FO13. The predicted octanol–water partition coefficient (Wildman–Crippen LogP) is 2.93. The summed E-state index contributed by atoms with van der Waals surface area (Å²) in [5.74, 6) is -7.34. The standard InChI is InChI=1S/C35H41FO13/c1-16-23(45-17(2)37)14-35(43)30(48-31(42)21-10-9-11-22(36)12-21)28-33(8,29(41)27(47-19(4)39)26(16)32(35,6)7)24(46-18(3)38)13-25-34(28,15-44-25)49-20(5)40/h9-12,23-25,27-28,30,43H,13-15H2,1-8H3/t23-,24-,25+,27+,28-,30-,33+,34-,35+/m0/s1. The van der Waals surface area contributed by atoms with Crippen molar-refractivity contribution in [3.63, 3.8) is 0 Å². The molecule has 0 unspecified atom stereocenters. The second-order valence-electron chi connectivity index (χ2n) is 14.1. The van der Waals surface area contributed by atoms with E-state index in [1.165, 1.54) is 19.1 Å². The van der Waals surface area contributed by atoms with Crippen molar-refractivity contribution in [1.29, 1.82) is 0 Å². The third-order valence-electron chi connectivity index (χ3n) is 10.8. The number of rotatable bonds is 6. The average Bonchev–Trinajstić information content (AvgIpc) is 2.97. The van der Waals surface area contributed by atoms with Crippen molar-refractivity contribution >= 4 is 35.6 Å². The molecule has 1 N–H and O–H groups in total. The van der Waals surface area contributed by atoms with Crippen LogP contribution in [0.2, 0.25) is 0 Å². The number of hydrogen-bond donors (Lipinski definition) is 1. The monoisotopic (exact) mass is 688 g/mol. The Morgan fingerprint density at radius 3 is 2.08 bits per heavy atom. The summed E-state index contributed by atoms with van der Waals surface area (Å²) in [5.41, 5.74) is -7.49. The number of carbonyl (C=O) groups excluding carboxylic acids is 6. The van der Waals surface area contributed by atoms with Gasteiger partial charge in [-0.1, -0.05) is 19.9 Å². The lowest BCUT2D eigenvalue weighted by atomic mass is 9.44. The maximum Gasteiger partial charge on any atom is 0.338 e. The number of hydrogen-bond acceptors (Lipinski definition) is 13. The van der Waals surface area contributed by atoms with E-state index in [4.69, 9.17) is 28.4 Å². The Morgan fingerprint density at radius 1 is 0.918 bits per heavy atom. The zero-order valence-corrected chi connectivity index (χ0v) is 28.6. The molecule has 1 aromatic carbocycles. The number of ether oxygens (including phenoxy) is 6. The van der Waals surface area contributed by atoms with E-state index in [0.717, 1.165) is 39.8 Å². The van der Waals surface area contributed by atoms with Gasteiger partial charge in [-0.25, -0.2) is 9.18 Å². The zero-order chi connectivity index (χ0) is 36.4. The Morgan fingerprint density at radius 2 is 1.55 bits per heavy atom. The molecule has 1 aromatic rings. The number of fused-ring (bicyclic) bond motifs is 5. The van der Waals surface area contributed by atoms with E-state index in [0.29, 0.717) is 5.57 Å². The maximum absolute atomic E-state index is 15.3. The lowest BCUT2D eigenvalue weighted by Crippen LogP contribution is -2.82. The SMILES string of the molecule is CC(=O)O[C@H]1C(=O)[C@]2(C)[C@@H](OC(C)=O)C[C@H]3OC[C@@]3(OC(C)=O)[C@H]2[C@H](OC(=O)c2cccc(F)c2)[C@]2(O)C[C@H](OC(C)=O)C(C)=C1C2(C)C.